The summed E-state index contributed by atoms with van der Waals surface area (Å²) in [5.74, 6) is -1.15. The molecule has 0 spiro atoms. The Balaban J connectivity index is 2.32. The number of hydrogen-bond acceptors (Lipinski definition) is 4. The molecule has 2 aromatic rings. The Morgan fingerprint density at radius 2 is 1.58 bits per heavy atom. The van der Waals surface area contributed by atoms with Crippen LogP contribution in [0.25, 0.3) is 0 Å². The van der Waals surface area contributed by atoms with Gasteiger partial charge in [-0.3, -0.25) is 10.1 Å². The molecule has 96 valence electrons. The van der Waals surface area contributed by atoms with E-state index in [1.807, 2.05) is 0 Å². The highest BCUT2D eigenvalue weighted by atomic mass is 19.1. The molecule has 0 aromatic heterocycles. The van der Waals surface area contributed by atoms with E-state index in [0.717, 1.165) is 18.2 Å². The molecular weight excluding hydrogens is 256 g/mol. The van der Waals surface area contributed by atoms with Gasteiger partial charge in [-0.25, -0.2) is 8.78 Å². The van der Waals surface area contributed by atoms with Gasteiger partial charge in [-0.2, -0.15) is 5.11 Å². The van der Waals surface area contributed by atoms with Crippen molar-refractivity contribution in [3.8, 4) is 0 Å². The lowest BCUT2D eigenvalue weighted by Crippen LogP contribution is -1.89. The van der Waals surface area contributed by atoms with Crippen LogP contribution in [0.1, 0.15) is 0 Å². The molecule has 7 heteroatoms. The van der Waals surface area contributed by atoms with Gasteiger partial charge in [0.1, 0.15) is 11.6 Å². The van der Waals surface area contributed by atoms with E-state index >= 15 is 0 Å². The van der Waals surface area contributed by atoms with Crippen LogP contribution in [0, 0.1) is 21.7 Å². The predicted octanol–water partition coefficient (Wildman–Crippen LogP) is 4.29. The third-order valence-corrected chi connectivity index (χ3v) is 2.23. The number of halogens is 2. The predicted molar refractivity (Wildman–Crippen MR) is 63.6 cm³/mol. The minimum Gasteiger partial charge on any atom is -0.258 e. The van der Waals surface area contributed by atoms with Crippen molar-refractivity contribution in [1.29, 1.82) is 0 Å². The van der Waals surface area contributed by atoms with E-state index in [0.29, 0.717) is 5.69 Å². The monoisotopic (exact) mass is 263 g/mol. The van der Waals surface area contributed by atoms with E-state index in [9.17, 15) is 18.9 Å². The number of nitro groups is 1. The van der Waals surface area contributed by atoms with Gasteiger partial charge in [0.25, 0.3) is 5.69 Å². The summed E-state index contributed by atoms with van der Waals surface area (Å²) in [6.45, 7) is 0. The van der Waals surface area contributed by atoms with E-state index in [1.54, 1.807) is 0 Å². The van der Waals surface area contributed by atoms with Gasteiger partial charge >= 0.3 is 0 Å². The first kappa shape index (κ1) is 12.7. The number of nitrogens with zero attached hydrogens (tertiary/aromatic N) is 3. The first-order chi connectivity index (χ1) is 9.06. The minimum absolute atomic E-state index is 0.0734. The SMILES string of the molecule is O=[N+]([O-])c1cc(F)ccc1N=Nc1ccc(F)cc1. The van der Waals surface area contributed by atoms with E-state index < -0.39 is 22.2 Å². The second-order valence-electron chi connectivity index (χ2n) is 3.57. The second kappa shape index (κ2) is 5.30. The van der Waals surface area contributed by atoms with Gasteiger partial charge in [0.15, 0.2) is 5.69 Å². The summed E-state index contributed by atoms with van der Waals surface area (Å²) in [6.07, 6.45) is 0. The largest absolute Gasteiger partial charge is 0.299 e. The van der Waals surface area contributed by atoms with Gasteiger partial charge < -0.3 is 0 Å². The zero-order valence-corrected chi connectivity index (χ0v) is 9.46. The third kappa shape index (κ3) is 3.15. The van der Waals surface area contributed by atoms with Crippen LogP contribution in [0.15, 0.2) is 52.7 Å². The highest BCUT2D eigenvalue weighted by molar-refractivity contribution is 5.57. The Bertz CT molecular complexity index is 642. The van der Waals surface area contributed by atoms with Crippen molar-refractivity contribution in [2.45, 2.75) is 0 Å². The lowest BCUT2D eigenvalue weighted by molar-refractivity contribution is -0.384. The summed E-state index contributed by atoms with van der Waals surface area (Å²) in [5.41, 5.74) is -0.221. The summed E-state index contributed by atoms with van der Waals surface area (Å²) < 4.78 is 25.6. The molecule has 0 aliphatic rings. The third-order valence-electron chi connectivity index (χ3n) is 2.23. The Labute approximate surface area is 106 Å². The zero-order valence-electron chi connectivity index (χ0n) is 9.46. The van der Waals surface area contributed by atoms with Crippen LogP contribution < -0.4 is 0 Å². The van der Waals surface area contributed by atoms with Crippen molar-refractivity contribution in [3.63, 3.8) is 0 Å². The second-order valence-corrected chi connectivity index (χ2v) is 3.57. The Morgan fingerprint density at radius 3 is 2.21 bits per heavy atom. The van der Waals surface area contributed by atoms with Crippen LogP contribution in [0.2, 0.25) is 0 Å². The van der Waals surface area contributed by atoms with Crippen LogP contribution in [0.5, 0.6) is 0 Å². The first-order valence-electron chi connectivity index (χ1n) is 5.17. The fourth-order valence-corrected chi connectivity index (χ4v) is 1.35. The molecule has 0 saturated carbocycles. The van der Waals surface area contributed by atoms with Crippen molar-refractivity contribution in [3.05, 3.63) is 64.2 Å². The van der Waals surface area contributed by atoms with Crippen molar-refractivity contribution in [1.82, 2.24) is 0 Å². The number of benzene rings is 2. The lowest BCUT2D eigenvalue weighted by Gasteiger charge is -1.96. The van der Waals surface area contributed by atoms with Gasteiger partial charge in [-0.05, 0) is 36.4 Å². The summed E-state index contributed by atoms with van der Waals surface area (Å²) in [4.78, 5) is 9.97. The molecule has 2 rings (SSSR count). The molecule has 2 aromatic carbocycles. The van der Waals surface area contributed by atoms with Gasteiger partial charge in [-0.1, -0.05) is 0 Å². The molecule has 0 atom stereocenters. The standard InChI is InChI=1S/C12H7F2N3O2/c13-8-1-4-10(5-2-8)15-16-11-6-3-9(14)7-12(11)17(18)19/h1-7H. The summed E-state index contributed by atoms with van der Waals surface area (Å²) in [5, 5.41) is 18.1. The van der Waals surface area contributed by atoms with Crippen LogP contribution in [-0.4, -0.2) is 4.92 Å². The molecule has 0 N–H and O–H groups in total. The fraction of sp³-hybridized carbons (Fsp3) is 0. The molecule has 0 aliphatic heterocycles. The van der Waals surface area contributed by atoms with Crippen LogP contribution >= 0.6 is 0 Å². The molecule has 0 fully saturated rings. The average Bonchev–Trinajstić information content (AvgIpc) is 2.39. The van der Waals surface area contributed by atoms with Gasteiger partial charge in [0, 0.05) is 0 Å². The zero-order chi connectivity index (χ0) is 13.8. The normalized spacial score (nSPS) is 10.8. The highest BCUT2D eigenvalue weighted by Crippen LogP contribution is 2.29. The molecule has 0 bridgehead atoms. The van der Waals surface area contributed by atoms with Crippen LogP contribution in [0.3, 0.4) is 0 Å². The van der Waals surface area contributed by atoms with Crippen molar-refractivity contribution < 1.29 is 13.7 Å². The Morgan fingerprint density at radius 1 is 0.947 bits per heavy atom. The molecule has 0 amide bonds. The van der Waals surface area contributed by atoms with Crippen molar-refractivity contribution >= 4 is 17.1 Å². The number of hydrogen-bond donors (Lipinski definition) is 0. The molecule has 0 heterocycles. The van der Waals surface area contributed by atoms with Crippen molar-refractivity contribution in [2.75, 3.05) is 0 Å². The number of azo groups is 1. The topological polar surface area (TPSA) is 67.9 Å². The lowest BCUT2D eigenvalue weighted by atomic mass is 10.2. The van der Waals surface area contributed by atoms with E-state index in [4.69, 9.17) is 0 Å². The van der Waals surface area contributed by atoms with Crippen LogP contribution in [-0.2, 0) is 0 Å². The smallest absolute Gasteiger partial charge is 0.258 e. The number of rotatable bonds is 3. The number of nitro benzene ring substituents is 1. The first-order valence-corrected chi connectivity index (χ1v) is 5.17. The maximum atomic E-state index is 12.9. The maximum Gasteiger partial charge on any atom is 0.299 e. The minimum atomic E-state index is -0.748. The van der Waals surface area contributed by atoms with E-state index in [-0.39, 0.29) is 5.69 Å². The van der Waals surface area contributed by atoms with E-state index in [2.05, 4.69) is 10.2 Å². The fourth-order valence-electron chi connectivity index (χ4n) is 1.35. The molecule has 19 heavy (non-hydrogen) atoms. The molecular formula is C12H7F2N3O2. The highest BCUT2D eigenvalue weighted by Gasteiger charge is 2.14. The summed E-state index contributed by atoms with van der Waals surface area (Å²) in [6, 6.07) is 8.08. The maximum absolute atomic E-state index is 12.9. The Hall–Kier alpha value is -2.70. The summed E-state index contributed by atoms with van der Waals surface area (Å²) >= 11 is 0. The quantitative estimate of drug-likeness (QED) is 0.471. The van der Waals surface area contributed by atoms with Gasteiger partial charge in [0.2, 0.25) is 0 Å². The van der Waals surface area contributed by atoms with E-state index in [1.165, 1.54) is 24.3 Å². The Kier molecular flexibility index (Phi) is 3.56. The summed E-state index contributed by atoms with van der Waals surface area (Å²) in [7, 11) is 0. The van der Waals surface area contributed by atoms with Gasteiger partial charge in [-0.15, -0.1) is 5.11 Å². The van der Waals surface area contributed by atoms with Crippen LogP contribution in [0.4, 0.5) is 25.8 Å². The average molecular weight is 263 g/mol. The van der Waals surface area contributed by atoms with Gasteiger partial charge in [0.05, 0.1) is 16.7 Å². The molecule has 0 saturated heterocycles. The molecule has 0 unspecified atom stereocenters. The van der Waals surface area contributed by atoms with Crippen molar-refractivity contribution in [2.24, 2.45) is 10.2 Å². The molecule has 0 radical (unpaired) electrons. The molecule has 5 nitrogen and oxygen atoms in total. The molecule has 0 aliphatic carbocycles.